The monoisotopic (exact) mass is 437 g/mol. The molecular formula is C25H35N5O2. The number of nitrogens with two attached hydrogens (primary N) is 1. The summed E-state index contributed by atoms with van der Waals surface area (Å²) in [6, 6.07) is 9.81. The molecule has 1 unspecified atom stereocenters. The van der Waals surface area contributed by atoms with Gasteiger partial charge in [0.15, 0.2) is 5.82 Å². The highest BCUT2D eigenvalue weighted by atomic mass is 16.1. The molecule has 5 rings (SSSR count). The third-order valence-corrected chi connectivity index (χ3v) is 7.85. The van der Waals surface area contributed by atoms with Gasteiger partial charge in [-0.3, -0.25) is 14.5 Å². The van der Waals surface area contributed by atoms with Crippen molar-refractivity contribution in [1.29, 1.82) is 0 Å². The number of aromatic nitrogens is 2. The summed E-state index contributed by atoms with van der Waals surface area (Å²) in [5.41, 5.74) is 6.80. The van der Waals surface area contributed by atoms with Crippen molar-refractivity contribution in [2.75, 3.05) is 11.9 Å². The Bertz CT molecular complexity index is 1010. The number of nitrogens with zero attached hydrogens (tertiary/aromatic N) is 3. The van der Waals surface area contributed by atoms with E-state index in [0.29, 0.717) is 18.1 Å². The van der Waals surface area contributed by atoms with Gasteiger partial charge in [-0.1, -0.05) is 44.2 Å². The minimum absolute atomic E-state index is 0.0913. The highest BCUT2D eigenvalue weighted by Crippen LogP contribution is 2.44. The number of nitrogens with one attached hydrogen (secondary N) is 1. The van der Waals surface area contributed by atoms with Crippen LogP contribution in [0.25, 0.3) is 11.0 Å². The van der Waals surface area contributed by atoms with Crippen molar-refractivity contribution in [2.24, 2.45) is 5.73 Å². The Morgan fingerprint density at radius 3 is 2.28 bits per heavy atom. The fourth-order valence-corrected chi connectivity index (χ4v) is 6.53. The summed E-state index contributed by atoms with van der Waals surface area (Å²) in [7, 11) is 0. The molecule has 3 aliphatic rings. The van der Waals surface area contributed by atoms with Gasteiger partial charge >= 0.3 is 0 Å². The fourth-order valence-electron chi connectivity index (χ4n) is 6.53. The maximum atomic E-state index is 13.5. The van der Waals surface area contributed by atoms with E-state index in [1.54, 1.807) is 0 Å². The molecule has 32 heavy (non-hydrogen) atoms. The van der Waals surface area contributed by atoms with Gasteiger partial charge in [-0.25, -0.2) is 4.98 Å². The topological polar surface area (TPSA) is 93.2 Å². The van der Waals surface area contributed by atoms with Gasteiger partial charge < -0.3 is 15.6 Å². The van der Waals surface area contributed by atoms with E-state index in [2.05, 4.69) is 15.2 Å². The molecule has 1 aromatic carbocycles. The van der Waals surface area contributed by atoms with Crippen LogP contribution in [0.15, 0.2) is 29.1 Å². The van der Waals surface area contributed by atoms with Crippen LogP contribution in [-0.2, 0) is 4.79 Å². The average molecular weight is 438 g/mol. The average Bonchev–Trinajstić information content (AvgIpc) is 3.01. The summed E-state index contributed by atoms with van der Waals surface area (Å²) in [6.07, 6.45) is 14.0. The molecule has 172 valence electrons. The molecule has 2 saturated heterocycles. The minimum atomic E-state index is -0.503. The van der Waals surface area contributed by atoms with E-state index in [4.69, 9.17) is 5.73 Å². The maximum absolute atomic E-state index is 13.5. The van der Waals surface area contributed by atoms with Crippen molar-refractivity contribution in [3.8, 4) is 0 Å². The number of primary amides is 1. The summed E-state index contributed by atoms with van der Waals surface area (Å²) in [4.78, 5) is 32.1. The Labute approximate surface area is 189 Å². The molecule has 0 radical (unpaired) electrons. The first kappa shape index (κ1) is 21.4. The lowest BCUT2D eigenvalue weighted by molar-refractivity contribution is -0.116. The molecule has 1 aromatic heterocycles. The quantitative estimate of drug-likeness (QED) is 0.746. The number of hydrogen-bond donors (Lipinski definition) is 2. The van der Waals surface area contributed by atoms with Crippen molar-refractivity contribution in [1.82, 2.24) is 14.5 Å². The number of anilines is 1. The molecule has 0 spiro atoms. The Balaban J connectivity index is 1.45. The van der Waals surface area contributed by atoms with Gasteiger partial charge in [-0.05, 0) is 50.7 Å². The number of hydrogen-bond acceptors (Lipinski definition) is 5. The van der Waals surface area contributed by atoms with E-state index in [1.165, 1.54) is 57.8 Å². The van der Waals surface area contributed by atoms with Crippen LogP contribution in [0.4, 0.5) is 5.82 Å². The third kappa shape index (κ3) is 4.15. The van der Waals surface area contributed by atoms with Crippen LogP contribution < -0.4 is 16.6 Å². The van der Waals surface area contributed by atoms with Crippen molar-refractivity contribution in [3.05, 3.63) is 34.6 Å². The van der Waals surface area contributed by atoms with Gasteiger partial charge in [-0.2, -0.15) is 0 Å². The largest absolute Gasteiger partial charge is 0.368 e. The van der Waals surface area contributed by atoms with Gasteiger partial charge in [0.2, 0.25) is 5.91 Å². The van der Waals surface area contributed by atoms with E-state index in [-0.39, 0.29) is 24.0 Å². The zero-order valence-corrected chi connectivity index (χ0v) is 18.8. The lowest BCUT2D eigenvalue weighted by Gasteiger charge is -2.45. The molecule has 3 atom stereocenters. The first-order valence-electron chi connectivity index (χ1n) is 12.4. The zero-order chi connectivity index (χ0) is 22.1. The lowest BCUT2D eigenvalue weighted by Crippen LogP contribution is -2.50. The molecule has 1 aliphatic carbocycles. The van der Waals surface area contributed by atoms with E-state index < -0.39 is 5.91 Å². The maximum Gasteiger partial charge on any atom is 0.294 e. The van der Waals surface area contributed by atoms with Crippen LogP contribution >= 0.6 is 0 Å². The second kappa shape index (κ2) is 9.22. The molecule has 2 aromatic rings. The van der Waals surface area contributed by atoms with Crippen molar-refractivity contribution in [3.63, 3.8) is 0 Å². The lowest BCUT2D eigenvalue weighted by atomic mass is 9.89. The standard InChI is InChI=1S/C25H35N5O2/c26-23(31)16-27-24-25(32)30(22-11-7-6-10-21(22)28-24)20-14-18-12-13-19(15-20)29(18)17-8-4-2-1-3-5-9-17/h6-7,10-11,17-20H,1-5,8-9,12-16H2,(H2,26,31)(H,27,28)/t18-,19?,20+/m0/s1. The first-order valence-corrected chi connectivity index (χ1v) is 12.4. The Kier molecular flexibility index (Phi) is 6.17. The molecule has 7 nitrogen and oxygen atoms in total. The van der Waals surface area contributed by atoms with Crippen LogP contribution in [0.2, 0.25) is 0 Å². The Hall–Kier alpha value is -2.41. The van der Waals surface area contributed by atoms with Crippen molar-refractivity contribution >= 4 is 22.8 Å². The van der Waals surface area contributed by atoms with Crippen LogP contribution in [-0.4, -0.2) is 45.0 Å². The highest BCUT2D eigenvalue weighted by Gasteiger charge is 2.44. The second-order valence-corrected chi connectivity index (χ2v) is 9.90. The van der Waals surface area contributed by atoms with Crippen LogP contribution in [0.5, 0.6) is 0 Å². The van der Waals surface area contributed by atoms with E-state index in [1.807, 2.05) is 28.8 Å². The zero-order valence-electron chi connectivity index (χ0n) is 18.8. The summed E-state index contributed by atoms with van der Waals surface area (Å²) >= 11 is 0. The molecule has 7 heteroatoms. The summed E-state index contributed by atoms with van der Waals surface area (Å²) in [5.74, 6) is -0.284. The predicted octanol–water partition coefficient (Wildman–Crippen LogP) is 3.57. The van der Waals surface area contributed by atoms with E-state index in [0.717, 1.165) is 23.9 Å². The van der Waals surface area contributed by atoms with Crippen molar-refractivity contribution in [2.45, 2.75) is 94.8 Å². The van der Waals surface area contributed by atoms with Crippen LogP contribution in [0, 0.1) is 0 Å². The number of amides is 1. The van der Waals surface area contributed by atoms with Gasteiger partial charge in [-0.15, -0.1) is 0 Å². The molecule has 1 saturated carbocycles. The molecule has 3 N–H and O–H groups in total. The Morgan fingerprint density at radius 2 is 1.59 bits per heavy atom. The number of piperidine rings is 1. The highest BCUT2D eigenvalue weighted by molar-refractivity contribution is 5.80. The molecule has 2 bridgehead atoms. The molecule has 2 aliphatic heterocycles. The SMILES string of the molecule is NC(=O)CNc1nc2ccccc2n([C@H]2CC3CC[C@@H](C2)N3C2CCCCCCC2)c1=O. The summed E-state index contributed by atoms with van der Waals surface area (Å²) < 4.78 is 1.95. The van der Waals surface area contributed by atoms with Crippen LogP contribution in [0.1, 0.15) is 76.7 Å². The third-order valence-electron chi connectivity index (χ3n) is 7.85. The minimum Gasteiger partial charge on any atom is -0.368 e. The normalized spacial score (nSPS) is 27.2. The van der Waals surface area contributed by atoms with Gasteiger partial charge in [0.05, 0.1) is 17.6 Å². The van der Waals surface area contributed by atoms with Gasteiger partial charge in [0.25, 0.3) is 5.56 Å². The first-order chi connectivity index (χ1) is 15.6. The number of carbonyl (C=O) groups excluding carboxylic acids is 1. The van der Waals surface area contributed by atoms with Crippen LogP contribution in [0.3, 0.4) is 0 Å². The molecule has 3 fully saturated rings. The summed E-state index contributed by atoms with van der Waals surface area (Å²) in [6.45, 7) is -0.0913. The fraction of sp³-hybridized carbons (Fsp3) is 0.640. The number of rotatable bonds is 5. The van der Waals surface area contributed by atoms with Gasteiger partial charge in [0.1, 0.15) is 0 Å². The predicted molar refractivity (Wildman–Crippen MR) is 127 cm³/mol. The molecular weight excluding hydrogens is 402 g/mol. The second-order valence-electron chi connectivity index (χ2n) is 9.90. The smallest absolute Gasteiger partial charge is 0.294 e. The van der Waals surface area contributed by atoms with Crippen molar-refractivity contribution < 1.29 is 4.79 Å². The summed E-state index contributed by atoms with van der Waals surface area (Å²) in [5, 5.41) is 2.87. The number of benzene rings is 1. The van der Waals surface area contributed by atoms with E-state index >= 15 is 0 Å². The number of carbonyl (C=O) groups is 1. The molecule has 3 heterocycles. The Morgan fingerprint density at radius 1 is 0.938 bits per heavy atom. The number of fused-ring (bicyclic) bond motifs is 3. The number of para-hydroxylation sites is 2. The molecule has 1 amide bonds. The van der Waals surface area contributed by atoms with Gasteiger partial charge in [0, 0.05) is 24.2 Å². The van der Waals surface area contributed by atoms with E-state index in [9.17, 15) is 9.59 Å².